The van der Waals surface area contributed by atoms with Crippen molar-refractivity contribution in [3.63, 3.8) is 0 Å². The molecule has 1 aromatic heterocycles. The monoisotopic (exact) mass is 185 g/mol. The number of nitrogens with one attached hydrogen (secondary N) is 1. The summed E-state index contributed by atoms with van der Waals surface area (Å²) in [6.07, 6.45) is 0.995. The van der Waals surface area contributed by atoms with E-state index < -0.39 is 16.8 Å². The molecule has 0 saturated heterocycles. The van der Waals surface area contributed by atoms with E-state index in [1.165, 1.54) is 6.92 Å². The van der Waals surface area contributed by atoms with Crippen molar-refractivity contribution < 1.29 is 14.8 Å². The second kappa shape index (κ2) is 3.21. The van der Waals surface area contributed by atoms with Gasteiger partial charge in [-0.1, -0.05) is 0 Å². The molecule has 0 aliphatic carbocycles. The van der Waals surface area contributed by atoms with E-state index in [0.717, 1.165) is 6.20 Å². The molecule has 1 unspecified atom stereocenters. The number of H-pyrrole nitrogens is 1. The van der Waals surface area contributed by atoms with Crippen molar-refractivity contribution in [2.75, 3.05) is 0 Å². The summed E-state index contributed by atoms with van der Waals surface area (Å²) in [6.45, 7) is 1.39. The van der Waals surface area contributed by atoms with E-state index in [9.17, 15) is 14.9 Å². The highest BCUT2D eigenvalue weighted by Crippen LogP contribution is 2.14. The van der Waals surface area contributed by atoms with Gasteiger partial charge in [-0.15, -0.1) is 0 Å². The van der Waals surface area contributed by atoms with Crippen molar-refractivity contribution in [2.45, 2.75) is 12.8 Å². The number of nitro groups is 1. The van der Waals surface area contributed by atoms with Crippen LogP contribution in [0.25, 0.3) is 0 Å². The number of aromatic nitrogens is 2. The first-order valence-electron chi connectivity index (χ1n) is 3.44. The molecule has 13 heavy (non-hydrogen) atoms. The van der Waals surface area contributed by atoms with Crippen LogP contribution in [0.3, 0.4) is 0 Å². The zero-order valence-electron chi connectivity index (χ0n) is 6.72. The minimum Gasteiger partial charge on any atom is -0.481 e. The number of carbonyl (C=O) groups is 1. The summed E-state index contributed by atoms with van der Waals surface area (Å²) in [6, 6.07) is 0. The van der Waals surface area contributed by atoms with Gasteiger partial charge in [0.25, 0.3) is 0 Å². The lowest BCUT2D eigenvalue weighted by molar-refractivity contribution is -0.389. The molecule has 0 amide bonds. The van der Waals surface area contributed by atoms with Crippen LogP contribution in [-0.2, 0) is 4.79 Å². The van der Waals surface area contributed by atoms with Crippen LogP contribution in [0.1, 0.15) is 18.7 Å². The topological polar surface area (TPSA) is 109 Å². The Kier molecular flexibility index (Phi) is 2.27. The van der Waals surface area contributed by atoms with E-state index >= 15 is 0 Å². The number of carboxylic acids is 1. The molecule has 0 aromatic carbocycles. The van der Waals surface area contributed by atoms with Crippen molar-refractivity contribution in [1.29, 1.82) is 0 Å². The number of rotatable bonds is 3. The molecule has 0 aliphatic heterocycles. The van der Waals surface area contributed by atoms with Gasteiger partial charge in [-0.25, -0.2) is 9.97 Å². The second-order valence-electron chi connectivity index (χ2n) is 2.47. The molecule has 0 bridgehead atoms. The number of nitrogens with zero attached hydrogens (tertiary/aromatic N) is 2. The van der Waals surface area contributed by atoms with Crippen LogP contribution in [0.5, 0.6) is 0 Å². The highest BCUT2D eigenvalue weighted by molar-refractivity contribution is 5.74. The van der Waals surface area contributed by atoms with E-state index in [-0.39, 0.29) is 11.6 Å². The first kappa shape index (κ1) is 9.17. The molecule has 0 fully saturated rings. The smallest absolute Gasteiger partial charge is 0.340 e. The van der Waals surface area contributed by atoms with Crippen molar-refractivity contribution in [1.82, 2.24) is 9.97 Å². The van der Waals surface area contributed by atoms with Crippen LogP contribution < -0.4 is 0 Å². The number of carboxylic acid groups (broad SMARTS) is 1. The van der Waals surface area contributed by atoms with E-state index in [0.29, 0.717) is 0 Å². The number of imidazole rings is 1. The molecule has 0 saturated carbocycles. The lowest BCUT2D eigenvalue weighted by atomic mass is 10.2. The maximum atomic E-state index is 10.4. The molecule has 7 heteroatoms. The largest absolute Gasteiger partial charge is 0.481 e. The Hall–Kier alpha value is -1.92. The highest BCUT2D eigenvalue weighted by Gasteiger charge is 2.21. The SMILES string of the molecule is CC(C(=O)O)c1ncc([N+](=O)[O-])[nH]1. The van der Waals surface area contributed by atoms with Crippen molar-refractivity contribution in [3.05, 3.63) is 22.1 Å². The molecule has 7 nitrogen and oxygen atoms in total. The first-order valence-corrected chi connectivity index (χ1v) is 3.44. The van der Waals surface area contributed by atoms with Gasteiger partial charge in [0.05, 0.1) is 0 Å². The molecule has 0 spiro atoms. The quantitative estimate of drug-likeness (QED) is 0.526. The summed E-state index contributed by atoms with van der Waals surface area (Å²) < 4.78 is 0. The predicted molar refractivity (Wildman–Crippen MR) is 41.3 cm³/mol. The normalized spacial score (nSPS) is 12.4. The van der Waals surface area contributed by atoms with Gasteiger partial charge in [0, 0.05) is 0 Å². The third kappa shape index (κ3) is 1.81. The molecule has 2 N–H and O–H groups in total. The molecule has 1 aromatic rings. The standard InChI is InChI=1S/C6H7N3O4/c1-3(6(10)11)5-7-2-4(8-5)9(12)13/h2-3H,1H3,(H,7,8)(H,10,11). The van der Waals surface area contributed by atoms with Crippen molar-refractivity contribution in [2.24, 2.45) is 0 Å². The zero-order valence-corrected chi connectivity index (χ0v) is 6.72. The maximum Gasteiger partial charge on any atom is 0.340 e. The second-order valence-corrected chi connectivity index (χ2v) is 2.47. The van der Waals surface area contributed by atoms with Crippen molar-refractivity contribution in [3.8, 4) is 0 Å². The number of aliphatic carboxylic acids is 1. The maximum absolute atomic E-state index is 10.4. The van der Waals surface area contributed by atoms with Gasteiger partial charge in [0.15, 0.2) is 0 Å². The molecular weight excluding hydrogens is 178 g/mol. The Balaban J connectivity index is 2.91. The molecule has 0 aliphatic rings. The third-order valence-corrected chi connectivity index (χ3v) is 1.56. The summed E-state index contributed by atoms with van der Waals surface area (Å²) >= 11 is 0. The van der Waals surface area contributed by atoms with E-state index in [2.05, 4.69) is 9.97 Å². The van der Waals surface area contributed by atoms with Crippen LogP contribution in [0.2, 0.25) is 0 Å². The summed E-state index contributed by atoms with van der Waals surface area (Å²) in [4.78, 5) is 25.9. The fraction of sp³-hybridized carbons (Fsp3) is 0.333. The van der Waals surface area contributed by atoms with Crippen LogP contribution in [0.4, 0.5) is 5.82 Å². The van der Waals surface area contributed by atoms with E-state index in [4.69, 9.17) is 5.11 Å². The summed E-state index contributed by atoms with van der Waals surface area (Å²) in [5.41, 5.74) is 0. The Morgan fingerprint density at radius 2 is 2.46 bits per heavy atom. The minimum atomic E-state index is -1.08. The molecular formula is C6H7N3O4. The Morgan fingerprint density at radius 1 is 1.85 bits per heavy atom. The lowest BCUT2D eigenvalue weighted by Crippen LogP contribution is -2.08. The molecule has 0 radical (unpaired) electrons. The fourth-order valence-corrected chi connectivity index (χ4v) is 0.756. The van der Waals surface area contributed by atoms with Crippen molar-refractivity contribution >= 4 is 11.8 Å². The summed E-state index contributed by atoms with van der Waals surface area (Å²) in [5, 5.41) is 18.7. The average Bonchev–Trinajstić information content (AvgIpc) is 2.50. The summed E-state index contributed by atoms with van der Waals surface area (Å²) in [7, 11) is 0. The van der Waals surface area contributed by atoms with Crippen LogP contribution in [0.15, 0.2) is 6.20 Å². The van der Waals surface area contributed by atoms with Gasteiger partial charge >= 0.3 is 11.8 Å². The van der Waals surface area contributed by atoms with Gasteiger partial charge < -0.3 is 15.2 Å². The van der Waals surface area contributed by atoms with E-state index in [1.807, 2.05) is 0 Å². The highest BCUT2D eigenvalue weighted by atomic mass is 16.6. The molecule has 1 rings (SSSR count). The Labute approximate surface area is 72.6 Å². The molecule has 1 atom stereocenters. The molecule has 70 valence electrons. The predicted octanol–water partition coefficient (Wildman–Crippen LogP) is 0.506. The Morgan fingerprint density at radius 3 is 2.85 bits per heavy atom. The van der Waals surface area contributed by atoms with E-state index in [1.54, 1.807) is 0 Å². The summed E-state index contributed by atoms with van der Waals surface area (Å²) in [5.74, 6) is -2.17. The number of hydrogen-bond donors (Lipinski definition) is 2. The Bertz CT molecular complexity index is 345. The average molecular weight is 185 g/mol. The molecule has 1 heterocycles. The number of hydrogen-bond acceptors (Lipinski definition) is 4. The van der Waals surface area contributed by atoms with Gasteiger partial charge in [-0.05, 0) is 11.8 Å². The van der Waals surface area contributed by atoms with Crippen LogP contribution in [-0.4, -0.2) is 26.0 Å². The third-order valence-electron chi connectivity index (χ3n) is 1.56. The van der Waals surface area contributed by atoms with Crippen LogP contribution in [0, 0.1) is 10.1 Å². The van der Waals surface area contributed by atoms with Gasteiger partial charge in [-0.2, -0.15) is 0 Å². The first-order chi connectivity index (χ1) is 6.02. The van der Waals surface area contributed by atoms with Gasteiger partial charge in [0.1, 0.15) is 12.1 Å². The lowest BCUT2D eigenvalue weighted by Gasteiger charge is -1.96. The zero-order chi connectivity index (χ0) is 10.0. The van der Waals surface area contributed by atoms with Gasteiger partial charge in [0.2, 0.25) is 5.82 Å². The number of aromatic amines is 1. The van der Waals surface area contributed by atoms with Crippen LogP contribution >= 0.6 is 0 Å². The fourth-order valence-electron chi connectivity index (χ4n) is 0.756. The van der Waals surface area contributed by atoms with Gasteiger partial charge in [-0.3, -0.25) is 4.79 Å². The minimum absolute atomic E-state index is 0.0826.